The normalized spacial score (nSPS) is 11.0. The lowest BCUT2D eigenvalue weighted by Crippen LogP contribution is -2.13. The molecule has 4 aromatic rings. The zero-order chi connectivity index (χ0) is 23.5. The van der Waals surface area contributed by atoms with Crippen molar-refractivity contribution < 1.29 is 23.4 Å². The third-order valence-electron chi connectivity index (χ3n) is 5.28. The van der Waals surface area contributed by atoms with Crippen molar-refractivity contribution in [3.05, 3.63) is 71.7 Å². The molecule has 170 valence electrons. The van der Waals surface area contributed by atoms with Gasteiger partial charge in [0.2, 0.25) is 0 Å². The van der Waals surface area contributed by atoms with Crippen LogP contribution in [0.2, 0.25) is 0 Å². The number of carbonyl (C=O) groups is 1. The van der Waals surface area contributed by atoms with Gasteiger partial charge in [0, 0.05) is 35.8 Å². The molecule has 0 saturated heterocycles. The number of halogens is 2. The molecular formula is C24H22F2N4O3. The predicted molar refractivity (Wildman–Crippen MR) is 121 cm³/mol. The lowest BCUT2D eigenvalue weighted by Gasteiger charge is -2.12. The highest BCUT2D eigenvalue weighted by Crippen LogP contribution is 2.28. The molecule has 2 heterocycles. The van der Waals surface area contributed by atoms with Gasteiger partial charge < -0.3 is 19.7 Å². The second-order valence-electron chi connectivity index (χ2n) is 7.39. The van der Waals surface area contributed by atoms with Crippen molar-refractivity contribution in [3.63, 3.8) is 0 Å². The van der Waals surface area contributed by atoms with E-state index in [0.717, 1.165) is 17.8 Å². The summed E-state index contributed by atoms with van der Waals surface area (Å²) in [5.74, 6) is -1.19. The molecule has 0 unspecified atom stereocenters. The minimum Gasteiger partial charge on any atom is -0.493 e. The minimum atomic E-state index is -1.07. The van der Waals surface area contributed by atoms with E-state index in [4.69, 9.17) is 4.74 Å². The topological polar surface area (TPSA) is 89.3 Å². The number of nitrogens with one attached hydrogen (secondary N) is 1. The van der Waals surface area contributed by atoms with E-state index in [1.165, 1.54) is 12.4 Å². The Morgan fingerprint density at radius 1 is 1.12 bits per heavy atom. The first-order valence-corrected chi connectivity index (χ1v) is 10.4. The zero-order valence-electron chi connectivity index (χ0n) is 18.1. The summed E-state index contributed by atoms with van der Waals surface area (Å²) < 4.78 is 35.6. The number of hydrogen-bond acceptors (Lipinski definition) is 5. The SMILES string of the molecule is CCOc1cc(-c2cc(NCCn3c(C)cc4c(F)ccc(F)c43)ncn2)ccc1C(=O)O. The minimum absolute atomic E-state index is 0.0750. The fraction of sp³-hybridized carbons (Fsp3) is 0.208. The first kappa shape index (κ1) is 22.2. The molecule has 9 heteroatoms. The van der Waals surface area contributed by atoms with E-state index in [2.05, 4.69) is 15.3 Å². The van der Waals surface area contributed by atoms with Crippen LogP contribution in [0, 0.1) is 18.6 Å². The summed E-state index contributed by atoms with van der Waals surface area (Å²) in [6.45, 7) is 4.73. The molecule has 0 bridgehead atoms. The molecule has 33 heavy (non-hydrogen) atoms. The first-order chi connectivity index (χ1) is 15.9. The number of nitrogens with zero attached hydrogens (tertiary/aromatic N) is 3. The monoisotopic (exact) mass is 452 g/mol. The number of rotatable bonds is 8. The molecule has 0 aliphatic rings. The summed E-state index contributed by atoms with van der Waals surface area (Å²) in [6, 6.07) is 10.4. The van der Waals surface area contributed by atoms with Crippen LogP contribution >= 0.6 is 0 Å². The molecule has 0 amide bonds. The van der Waals surface area contributed by atoms with Gasteiger partial charge in [-0.1, -0.05) is 6.07 Å². The van der Waals surface area contributed by atoms with Gasteiger partial charge in [-0.2, -0.15) is 0 Å². The summed E-state index contributed by atoms with van der Waals surface area (Å²) in [5, 5.41) is 12.8. The summed E-state index contributed by atoms with van der Waals surface area (Å²) >= 11 is 0. The fourth-order valence-electron chi connectivity index (χ4n) is 3.76. The Bertz CT molecular complexity index is 1340. The van der Waals surface area contributed by atoms with E-state index in [1.807, 2.05) is 0 Å². The molecule has 0 saturated carbocycles. The summed E-state index contributed by atoms with van der Waals surface area (Å²) in [6.07, 6.45) is 1.40. The van der Waals surface area contributed by atoms with Gasteiger partial charge in [0.1, 0.15) is 35.1 Å². The molecule has 0 aliphatic carbocycles. The van der Waals surface area contributed by atoms with Crippen LogP contribution in [-0.4, -0.2) is 38.8 Å². The highest BCUT2D eigenvalue weighted by Gasteiger charge is 2.15. The van der Waals surface area contributed by atoms with Gasteiger partial charge in [-0.05, 0) is 44.2 Å². The Morgan fingerprint density at radius 3 is 2.67 bits per heavy atom. The number of fused-ring (bicyclic) bond motifs is 1. The van der Waals surface area contributed by atoms with Gasteiger partial charge in [-0.25, -0.2) is 23.5 Å². The number of carboxylic acid groups (broad SMARTS) is 1. The van der Waals surface area contributed by atoms with E-state index in [9.17, 15) is 18.7 Å². The van der Waals surface area contributed by atoms with Crippen LogP contribution in [0.4, 0.5) is 14.6 Å². The standard InChI is InChI=1S/C24H22F2N4O3/c1-3-33-21-11-15(4-5-16(21)24(31)32)20-12-22(29-13-28-20)27-8-9-30-14(2)10-17-18(25)6-7-19(26)23(17)30/h4-7,10-13H,3,8-9H2,1-2H3,(H,31,32)(H,27,28,29). The number of anilines is 1. The van der Waals surface area contributed by atoms with Crippen molar-refractivity contribution in [3.8, 4) is 17.0 Å². The lowest BCUT2D eigenvalue weighted by molar-refractivity contribution is 0.0692. The molecule has 0 spiro atoms. The van der Waals surface area contributed by atoms with Gasteiger partial charge in [-0.15, -0.1) is 0 Å². The number of aromatic nitrogens is 3. The van der Waals surface area contributed by atoms with Crippen LogP contribution in [-0.2, 0) is 6.54 Å². The van der Waals surface area contributed by atoms with Crippen LogP contribution in [0.25, 0.3) is 22.2 Å². The van der Waals surface area contributed by atoms with Gasteiger partial charge in [-0.3, -0.25) is 0 Å². The molecule has 0 atom stereocenters. The van der Waals surface area contributed by atoms with Crippen LogP contribution < -0.4 is 10.1 Å². The van der Waals surface area contributed by atoms with E-state index in [1.54, 1.807) is 42.7 Å². The van der Waals surface area contributed by atoms with Crippen molar-refractivity contribution in [1.82, 2.24) is 14.5 Å². The van der Waals surface area contributed by atoms with E-state index >= 15 is 0 Å². The van der Waals surface area contributed by atoms with Crippen LogP contribution in [0.1, 0.15) is 23.0 Å². The van der Waals surface area contributed by atoms with Crippen LogP contribution in [0.5, 0.6) is 5.75 Å². The van der Waals surface area contributed by atoms with E-state index < -0.39 is 17.6 Å². The maximum absolute atomic E-state index is 14.3. The Hall–Kier alpha value is -4.01. The summed E-state index contributed by atoms with van der Waals surface area (Å²) in [5.41, 5.74) is 2.33. The van der Waals surface area contributed by atoms with Crippen molar-refractivity contribution in [2.24, 2.45) is 0 Å². The number of aromatic carboxylic acids is 1. The number of hydrogen-bond donors (Lipinski definition) is 2. The highest BCUT2D eigenvalue weighted by molar-refractivity contribution is 5.92. The third kappa shape index (κ3) is 4.48. The first-order valence-electron chi connectivity index (χ1n) is 10.4. The molecule has 0 aliphatic heterocycles. The predicted octanol–water partition coefficient (Wildman–Crippen LogP) is 4.89. The van der Waals surface area contributed by atoms with Crippen molar-refractivity contribution in [1.29, 1.82) is 0 Å². The largest absolute Gasteiger partial charge is 0.493 e. The van der Waals surface area contributed by atoms with Gasteiger partial charge in [0.05, 0.1) is 17.8 Å². The quantitative estimate of drug-likeness (QED) is 0.396. The average Bonchev–Trinajstić information content (AvgIpc) is 3.14. The highest BCUT2D eigenvalue weighted by atomic mass is 19.1. The zero-order valence-corrected chi connectivity index (χ0v) is 18.1. The maximum Gasteiger partial charge on any atom is 0.339 e. The average molecular weight is 452 g/mol. The molecule has 0 fully saturated rings. The van der Waals surface area contributed by atoms with E-state index in [0.29, 0.717) is 36.8 Å². The van der Waals surface area contributed by atoms with Crippen LogP contribution in [0.3, 0.4) is 0 Å². The molecule has 2 aromatic heterocycles. The number of ether oxygens (including phenoxy) is 1. The number of benzene rings is 2. The van der Waals surface area contributed by atoms with Gasteiger partial charge in [0.25, 0.3) is 0 Å². The third-order valence-corrected chi connectivity index (χ3v) is 5.28. The van der Waals surface area contributed by atoms with E-state index in [-0.39, 0.29) is 22.2 Å². The second kappa shape index (κ2) is 9.23. The molecule has 0 radical (unpaired) electrons. The van der Waals surface area contributed by atoms with Crippen LogP contribution in [0.15, 0.2) is 48.8 Å². The smallest absolute Gasteiger partial charge is 0.339 e. The number of carboxylic acids is 1. The molecule has 2 aromatic carbocycles. The lowest BCUT2D eigenvalue weighted by atomic mass is 10.1. The summed E-state index contributed by atoms with van der Waals surface area (Å²) in [7, 11) is 0. The second-order valence-corrected chi connectivity index (χ2v) is 7.39. The fourth-order valence-corrected chi connectivity index (χ4v) is 3.76. The van der Waals surface area contributed by atoms with Crippen molar-refractivity contribution in [2.75, 3.05) is 18.5 Å². The molecule has 2 N–H and O–H groups in total. The van der Waals surface area contributed by atoms with Gasteiger partial charge in [0.15, 0.2) is 0 Å². The Labute approximate surface area is 188 Å². The molecule has 7 nitrogen and oxygen atoms in total. The Balaban J connectivity index is 1.53. The summed E-state index contributed by atoms with van der Waals surface area (Å²) in [4.78, 5) is 19.9. The molecule has 4 rings (SSSR count). The van der Waals surface area contributed by atoms with Crippen molar-refractivity contribution >= 4 is 22.7 Å². The molecular weight excluding hydrogens is 430 g/mol. The van der Waals surface area contributed by atoms with Crippen molar-refractivity contribution in [2.45, 2.75) is 20.4 Å². The van der Waals surface area contributed by atoms with Gasteiger partial charge >= 0.3 is 5.97 Å². The Morgan fingerprint density at radius 2 is 1.91 bits per heavy atom. The Kier molecular flexibility index (Phi) is 6.21. The maximum atomic E-state index is 14.3. The number of aryl methyl sites for hydroxylation is 1.